The molecule has 0 saturated carbocycles. The van der Waals surface area contributed by atoms with E-state index in [1.807, 2.05) is 0 Å². The van der Waals surface area contributed by atoms with E-state index in [-0.39, 0.29) is 12.6 Å². The minimum atomic E-state index is -0.150. The highest BCUT2D eigenvalue weighted by Crippen LogP contribution is 2.10. The van der Waals surface area contributed by atoms with Gasteiger partial charge >= 0.3 is 0 Å². The smallest absolute Gasteiger partial charge is 0.0983 e. The van der Waals surface area contributed by atoms with E-state index in [0.29, 0.717) is 11.6 Å². The topological polar surface area (TPSA) is 47.3 Å². The molecule has 1 unspecified atom stereocenters. The van der Waals surface area contributed by atoms with E-state index in [1.54, 1.807) is 18.0 Å². The van der Waals surface area contributed by atoms with Crippen molar-refractivity contribution in [3.8, 4) is 0 Å². The largest absolute Gasteiger partial charge is 0.394 e. The summed E-state index contributed by atoms with van der Waals surface area (Å²) >= 11 is 5.66. The zero-order valence-electron chi connectivity index (χ0n) is 6.77. The van der Waals surface area contributed by atoms with Gasteiger partial charge in [-0.05, 0) is 0 Å². The molecular formula is C7H11ClN2O2. The van der Waals surface area contributed by atoms with Crippen molar-refractivity contribution in [1.29, 1.82) is 0 Å². The first-order valence-electron chi connectivity index (χ1n) is 3.57. The summed E-state index contributed by atoms with van der Waals surface area (Å²) in [5.74, 6) is 0. The van der Waals surface area contributed by atoms with Crippen LogP contribution in [0.1, 0.15) is 6.04 Å². The minimum absolute atomic E-state index is 0.00809. The van der Waals surface area contributed by atoms with Crippen molar-refractivity contribution in [1.82, 2.24) is 9.78 Å². The van der Waals surface area contributed by atoms with Crippen LogP contribution in [0.5, 0.6) is 0 Å². The Kier molecular flexibility index (Phi) is 3.52. The average Bonchev–Trinajstić information content (AvgIpc) is 2.47. The molecule has 0 radical (unpaired) electrons. The molecule has 0 aliphatic heterocycles. The quantitative estimate of drug-likeness (QED) is 0.761. The summed E-state index contributed by atoms with van der Waals surface area (Å²) in [6.45, 7) is 0.417. The standard InChI is InChI=1S/C7H11ClN2O2/c1-12-5-7(4-11)10-3-6(8)2-9-10/h2-3,7,11H,4-5H2,1H3. The first-order valence-corrected chi connectivity index (χ1v) is 3.95. The normalized spacial score (nSPS) is 13.2. The van der Waals surface area contributed by atoms with Crippen LogP contribution in [-0.4, -0.2) is 35.2 Å². The van der Waals surface area contributed by atoms with E-state index >= 15 is 0 Å². The number of ether oxygens (including phenoxy) is 1. The van der Waals surface area contributed by atoms with Gasteiger partial charge in [-0.2, -0.15) is 5.10 Å². The summed E-state index contributed by atoms with van der Waals surface area (Å²) < 4.78 is 6.48. The lowest BCUT2D eigenvalue weighted by Crippen LogP contribution is -2.18. The molecule has 68 valence electrons. The molecule has 0 aromatic carbocycles. The highest BCUT2D eigenvalue weighted by molar-refractivity contribution is 6.30. The molecule has 1 N–H and O–H groups in total. The van der Waals surface area contributed by atoms with Gasteiger partial charge in [0.15, 0.2) is 0 Å². The maximum atomic E-state index is 8.94. The molecule has 0 saturated heterocycles. The molecule has 4 nitrogen and oxygen atoms in total. The van der Waals surface area contributed by atoms with Crippen LogP contribution in [0.15, 0.2) is 12.4 Å². The number of aliphatic hydroxyl groups excluding tert-OH is 1. The zero-order chi connectivity index (χ0) is 8.97. The number of methoxy groups -OCH3 is 1. The van der Waals surface area contributed by atoms with Crippen molar-refractivity contribution in [2.75, 3.05) is 20.3 Å². The Hall–Kier alpha value is -0.580. The first-order chi connectivity index (χ1) is 5.77. The van der Waals surface area contributed by atoms with E-state index in [2.05, 4.69) is 5.10 Å². The second-order valence-electron chi connectivity index (χ2n) is 2.43. The van der Waals surface area contributed by atoms with Crippen molar-refractivity contribution < 1.29 is 9.84 Å². The Labute approximate surface area is 75.7 Å². The zero-order valence-corrected chi connectivity index (χ0v) is 7.53. The Morgan fingerprint density at radius 3 is 3.00 bits per heavy atom. The van der Waals surface area contributed by atoms with Gasteiger partial charge in [-0.15, -0.1) is 0 Å². The van der Waals surface area contributed by atoms with Gasteiger partial charge < -0.3 is 9.84 Å². The monoisotopic (exact) mass is 190 g/mol. The van der Waals surface area contributed by atoms with Crippen LogP contribution in [0.2, 0.25) is 5.02 Å². The molecule has 0 aliphatic carbocycles. The average molecular weight is 191 g/mol. The third-order valence-corrected chi connectivity index (χ3v) is 1.71. The molecule has 1 atom stereocenters. The molecule has 5 heteroatoms. The SMILES string of the molecule is COCC(CO)n1cc(Cl)cn1. The van der Waals surface area contributed by atoms with Crippen LogP contribution in [0.4, 0.5) is 0 Å². The molecule has 12 heavy (non-hydrogen) atoms. The summed E-state index contributed by atoms with van der Waals surface area (Å²) in [6.07, 6.45) is 3.18. The number of hydrogen-bond donors (Lipinski definition) is 1. The van der Waals surface area contributed by atoms with E-state index in [0.717, 1.165) is 0 Å². The van der Waals surface area contributed by atoms with Gasteiger partial charge in [0.2, 0.25) is 0 Å². The molecule has 0 fully saturated rings. The van der Waals surface area contributed by atoms with Crippen molar-refractivity contribution in [3.63, 3.8) is 0 Å². The number of nitrogens with zero attached hydrogens (tertiary/aromatic N) is 2. The molecule has 0 bridgehead atoms. The van der Waals surface area contributed by atoms with Crippen LogP contribution in [0.25, 0.3) is 0 Å². The molecule has 0 spiro atoms. The fourth-order valence-electron chi connectivity index (χ4n) is 0.920. The predicted octanol–water partition coefficient (Wildman–Crippen LogP) is 0.716. The summed E-state index contributed by atoms with van der Waals surface area (Å²) in [4.78, 5) is 0. The fourth-order valence-corrected chi connectivity index (χ4v) is 1.06. The van der Waals surface area contributed by atoms with Crippen molar-refractivity contribution in [3.05, 3.63) is 17.4 Å². The molecule has 1 aromatic rings. The Morgan fingerprint density at radius 1 is 1.83 bits per heavy atom. The van der Waals surface area contributed by atoms with Gasteiger partial charge in [-0.3, -0.25) is 4.68 Å². The summed E-state index contributed by atoms with van der Waals surface area (Å²) in [5, 5.41) is 13.4. The van der Waals surface area contributed by atoms with Gasteiger partial charge in [0.1, 0.15) is 0 Å². The molecule has 1 rings (SSSR count). The Morgan fingerprint density at radius 2 is 2.58 bits per heavy atom. The molecule has 1 heterocycles. The summed E-state index contributed by atoms with van der Waals surface area (Å²) in [7, 11) is 1.58. The second-order valence-corrected chi connectivity index (χ2v) is 2.87. The highest BCUT2D eigenvalue weighted by atomic mass is 35.5. The predicted molar refractivity (Wildman–Crippen MR) is 45.2 cm³/mol. The van der Waals surface area contributed by atoms with E-state index in [1.165, 1.54) is 6.20 Å². The fraction of sp³-hybridized carbons (Fsp3) is 0.571. The number of aliphatic hydroxyl groups is 1. The van der Waals surface area contributed by atoms with Crippen LogP contribution in [0.3, 0.4) is 0 Å². The lowest BCUT2D eigenvalue weighted by Gasteiger charge is -2.12. The number of aromatic nitrogens is 2. The first kappa shape index (κ1) is 9.51. The molecular weight excluding hydrogens is 180 g/mol. The van der Waals surface area contributed by atoms with Crippen LogP contribution in [-0.2, 0) is 4.74 Å². The molecule has 0 amide bonds. The van der Waals surface area contributed by atoms with Crippen molar-refractivity contribution in [2.45, 2.75) is 6.04 Å². The third kappa shape index (κ3) is 2.20. The third-order valence-electron chi connectivity index (χ3n) is 1.51. The summed E-state index contributed by atoms with van der Waals surface area (Å²) in [5.41, 5.74) is 0. The van der Waals surface area contributed by atoms with Gasteiger partial charge in [-0.25, -0.2) is 0 Å². The number of rotatable bonds is 4. The maximum Gasteiger partial charge on any atom is 0.0983 e. The molecule has 0 aliphatic rings. The maximum absolute atomic E-state index is 8.94. The summed E-state index contributed by atoms with van der Waals surface area (Å²) in [6, 6.07) is -0.150. The van der Waals surface area contributed by atoms with Gasteiger partial charge in [0, 0.05) is 13.3 Å². The van der Waals surface area contributed by atoms with E-state index in [9.17, 15) is 0 Å². The Balaban J connectivity index is 2.66. The van der Waals surface area contributed by atoms with Crippen LogP contribution < -0.4 is 0 Å². The van der Waals surface area contributed by atoms with Crippen molar-refractivity contribution in [2.24, 2.45) is 0 Å². The number of halogens is 1. The highest BCUT2D eigenvalue weighted by Gasteiger charge is 2.09. The van der Waals surface area contributed by atoms with Gasteiger partial charge in [-0.1, -0.05) is 11.6 Å². The van der Waals surface area contributed by atoms with E-state index in [4.69, 9.17) is 21.4 Å². The van der Waals surface area contributed by atoms with Gasteiger partial charge in [0.25, 0.3) is 0 Å². The van der Waals surface area contributed by atoms with Crippen LogP contribution in [0, 0.1) is 0 Å². The van der Waals surface area contributed by atoms with E-state index < -0.39 is 0 Å². The van der Waals surface area contributed by atoms with Gasteiger partial charge in [0.05, 0.1) is 30.5 Å². The number of hydrogen-bond acceptors (Lipinski definition) is 3. The Bertz CT molecular complexity index is 239. The lowest BCUT2D eigenvalue weighted by molar-refractivity contribution is 0.108. The molecule has 1 aromatic heterocycles. The second kappa shape index (κ2) is 4.45. The van der Waals surface area contributed by atoms with Crippen LogP contribution >= 0.6 is 11.6 Å². The minimum Gasteiger partial charge on any atom is -0.394 e. The lowest BCUT2D eigenvalue weighted by atomic mass is 10.3. The van der Waals surface area contributed by atoms with Crippen molar-refractivity contribution >= 4 is 11.6 Å².